The van der Waals surface area contributed by atoms with E-state index in [2.05, 4.69) is 0 Å². The highest BCUT2D eigenvalue weighted by Gasteiger charge is 2.23. The van der Waals surface area contributed by atoms with Gasteiger partial charge in [0.15, 0.2) is 11.6 Å². The van der Waals surface area contributed by atoms with Gasteiger partial charge >= 0.3 is 0 Å². The van der Waals surface area contributed by atoms with Gasteiger partial charge in [0.2, 0.25) is 5.82 Å². The quantitative estimate of drug-likeness (QED) is 0.737. The summed E-state index contributed by atoms with van der Waals surface area (Å²) in [6, 6.07) is 3.27. The van der Waals surface area contributed by atoms with Gasteiger partial charge in [-0.1, -0.05) is 38.2 Å². The summed E-state index contributed by atoms with van der Waals surface area (Å²) in [5.41, 5.74) is 0.497. The Morgan fingerprint density at radius 3 is 2.42 bits per heavy atom. The molecule has 0 saturated heterocycles. The number of hydrogen-bond acceptors (Lipinski definition) is 1. The van der Waals surface area contributed by atoms with Gasteiger partial charge in [-0.2, -0.15) is 4.39 Å². The van der Waals surface area contributed by atoms with Crippen LogP contribution in [0, 0.1) is 23.5 Å². The zero-order valence-corrected chi connectivity index (χ0v) is 11.1. The first-order chi connectivity index (χ1) is 9.24. The van der Waals surface area contributed by atoms with Gasteiger partial charge in [-0.3, -0.25) is 0 Å². The van der Waals surface area contributed by atoms with Gasteiger partial charge in [-0.05, 0) is 36.3 Å². The standard InChI is InChI=1S/C16H20F2O/c17-15-13(10-12-2-1-3-12)6-7-14(16(15)18)19-9-8-11-4-5-11/h6-7,11-12H,1-5,8-10H2. The van der Waals surface area contributed by atoms with Crippen molar-refractivity contribution < 1.29 is 13.5 Å². The molecule has 3 heteroatoms. The van der Waals surface area contributed by atoms with Crippen LogP contribution in [0.2, 0.25) is 0 Å². The Morgan fingerprint density at radius 2 is 1.79 bits per heavy atom. The predicted octanol–water partition coefficient (Wildman–Crippen LogP) is 4.49. The maximum Gasteiger partial charge on any atom is 0.200 e. The van der Waals surface area contributed by atoms with Crippen LogP contribution in [0.25, 0.3) is 0 Å². The van der Waals surface area contributed by atoms with Crippen LogP contribution in [0.5, 0.6) is 5.75 Å². The second-order valence-electron chi connectivity index (χ2n) is 5.93. The van der Waals surface area contributed by atoms with E-state index in [1.165, 1.54) is 19.3 Å². The van der Waals surface area contributed by atoms with Crippen molar-refractivity contribution in [3.63, 3.8) is 0 Å². The number of hydrogen-bond donors (Lipinski definition) is 0. The largest absolute Gasteiger partial charge is 0.490 e. The second kappa shape index (κ2) is 5.48. The Balaban J connectivity index is 1.62. The van der Waals surface area contributed by atoms with Crippen LogP contribution in [-0.4, -0.2) is 6.61 Å². The van der Waals surface area contributed by atoms with Gasteiger partial charge < -0.3 is 4.74 Å². The Hall–Kier alpha value is -1.12. The van der Waals surface area contributed by atoms with Crippen molar-refractivity contribution in [3.8, 4) is 5.75 Å². The number of halogens is 2. The Morgan fingerprint density at radius 1 is 1.00 bits per heavy atom. The molecule has 1 nitrogen and oxygen atoms in total. The minimum atomic E-state index is -0.812. The first kappa shape index (κ1) is 12.9. The molecule has 0 bridgehead atoms. The maximum absolute atomic E-state index is 13.9. The fourth-order valence-electron chi connectivity index (χ4n) is 2.59. The molecular weight excluding hydrogens is 246 g/mol. The minimum Gasteiger partial charge on any atom is -0.490 e. The third-order valence-corrected chi connectivity index (χ3v) is 4.34. The molecule has 2 fully saturated rings. The van der Waals surface area contributed by atoms with Crippen LogP contribution in [-0.2, 0) is 6.42 Å². The van der Waals surface area contributed by atoms with Crippen molar-refractivity contribution >= 4 is 0 Å². The second-order valence-corrected chi connectivity index (χ2v) is 5.93. The van der Waals surface area contributed by atoms with Crippen molar-refractivity contribution in [1.29, 1.82) is 0 Å². The smallest absolute Gasteiger partial charge is 0.200 e. The van der Waals surface area contributed by atoms with Crippen molar-refractivity contribution in [2.75, 3.05) is 6.61 Å². The van der Waals surface area contributed by atoms with Crippen LogP contribution < -0.4 is 4.74 Å². The minimum absolute atomic E-state index is 0.0653. The van der Waals surface area contributed by atoms with Gasteiger partial charge in [0.25, 0.3) is 0 Å². The van der Waals surface area contributed by atoms with E-state index in [-0.39, 0.29) is 5.75 Å². The molecule has 0 spiro atoms. The van der Waals surface area contributed by atoms with Crippen molar-refractivity contribution in [2.24, 2.45) is 11.8 Å². The van der Waals surface area contributed by atoms with Crippen LogP contribution in [0.4, 0.5) is 8.78 Å². The SMILES string of the molecule is Fc1c(CC2CCC2)ccc(OCCC2CC2)c1F. The third kappa shape index (κ3) is 3.07. The van der Waals surface area contributed by atoms with Crippen molar-refractivity contribution in [1.82, 2.24) is 0 Å². The molecule has 0 atom stereocenters. The van der Waals surface area contributed by atoms with Crippen LogP contribution in [0.3, 0.4) is 0 Å². The van der Waals surface area contributed by atoms with Crippen LogP contribution in [0.1, 0.15) is 44.1 Å². The average Bonchev–Trinajstić information content (AvgIpc) is 3.15. The molecule has 0 aromatic heterocycles. The topological polar surface area (TPSA) is 9.23 Å². The molecule has 0 radical (unpaired) electrons. The highest BCUT2D eigenvalue weighted by molar-refractivity contribution is 5.31. The molecule has 0 unspecified atom stereocenters. The third-order valence-electron chi connectivity index (χ3n) is 4.34. The van der Waals surface area contributed by atoms with Gasteiger partial charge in [-0.25, -0.2) is 4.39 Å². The van der Waals surface area contributed by atoms with Gasteiger partial charge in [-0.15, -0.1) is 0 Å². The number of ether oxygens (including phenoxy) is 1. The lowest BCUT2D eigenvalue weighted by molar-refractivity contribution is 0.280. The van der Waals surface area contributed by atoms with Gasteiger partial charge in [0.05, 0.1) is 6.61 Å². The molecular formula is C16H20F2O. The van der Waals surface area contributed by atoms with Gasteiger partial charge in [0.1, 0.15) is 0 Å². The molecule has 1 aromatic carbocycles. The first-order valence-corrected chi connectivity index (χ1v) is 7.33. The van der Waals surface area contributed by atoms with Crippen LogP contribution >= 0.6 is 0 Å². The van der Waals surface area contributed by atoms with Crippen molar-refractivity contribution in [3.05, 3.63) is 29.3 Å². The van der Waals surface area contributed by atoms with E-state index in [0.717, 1.165) is 25.2 Å². The molecule has 19 heavy (non-hydrogen) atoms. The zero-order chi connectivity index (χ0) is 13.2. The lowest BCUT2D eigenvalue weighted by Crippen LogP contribution is -2.15. The monoisotopic (exact) mass is 266 g/mol. The highest BCUT2D eigenvalue weighted by atomic mass is 19.2. The summed E-state index contributed by atoms with van der Waals surface area (Å²) in [6.45, 7) is 0.489. The summed E-state index contributed by atoms with van der Waals surface area (Å²) in [5.74, 6) is -0.180. The molecule has 2 aliphatic carbocycles. The lowest BCUT2D eigenvalue weighted by Gasteiger charge is -2.25. The summed E-state index contributed by atoms with van der Waals surface area (Å²) in [5, 5.41) is 0. The van der Waals surface area contributed by atoms with E-state index < -0.39 is 11.6 Å². The summed E-state index contributed by atoms with van der Waals surface area (Å²) in [7, 11) is 0. The molecule has 0 heterocycles. The fourth-order valence-corrected chi connectivity index (χ4v) is 2.59. The van der Waals surface area contributed by atoms with E-state index in [1.54, 1.807) is 12.1 Å². The zero-order valence-electron chi connectivity index (χ0n) is 11.1. The molecule has 0 N–H and O–H groups in total. The maximum atomic E-state index is 13.9. The predicted molar refractivity (Wildman–Crippen MR) is 70.2 cm³/mol. The summed E-state index contributed by atoms with van der Waals surface area (Å²) >= 11 is 0. The Labute approximate surface area is 113 Å². The van der Waals surface area contributed by atoms with Gasteiger partial charge in [0, 0.05) is 0 Å². The van der Waals surface area contributed by atoms with E-state index >= 15 is 0 Å². The first-order valence-electron chi connectivity index (χ1n) is 7.33. The van der Waals surface area contributed by atoms with Crippen LogP contribution in [0.15, 0.2) is 12.1 Å². The van der Waals surface area contributed by atoms with E-state index in [4.69, 9.17) is 4.74 Å². The summed E-state index contributed by atoms with van der Waals surface area (Å²) < 4.78 is 33.2. The molecule has 2 aliphatic rings. The van der Waals surface area contributed by atoms with E-state index in [0.29, 0.717) is 24.5 Å². The Bertz CT molecular complexity index is 450. The molecule has 0 aliphatic heterocycles. The lowest BCUT2D eigenvalue weighted by atomic mass is 9.81. The molecule has 104 valence electrons. The molecule has 2 saturated carbocycles. The molecule has 3 rings (SSSR count). The summed E-state index contributed by atoms with van der Waals surface area (Å²) in [4.78, 5) is 0. The highest BCUT2D eigenvalue weighted by Crippen LogP contribution is 2.34. The number of benzene rings is 1. The van der Waals surface area contributed by atoms with Crippen molar-refractivity contribution in [2.45, 2.75) is 44.9 Å². The molecule has 0 amide bonds. The normalized spacial score (nSPS) is 19.3. The summed E-state index contributed by atoms with van der Waals surface area (Å²) in [6.07, 6.45) is 7.61. The fraction of sp³-hybridized carbons (Fsp3) is 0.625. The average molecular weight is 266 g/mol. The molecule has 1 aromatic rings. The number of rotatable bonds is 6. The van der Waals surface area contributed by atoms with E-state index in [1.807, 2.05) is 0 Å². The Kier molecular flexibility index (Phi) is 3.72. The van der Waals surface area contributed by atoms with E-state index in [9.17, 15) is 8.78 Å².